The number of methoxy groups -OCH3 is 1. The summed E-state index contributed by atoms with van der Waals surface area (Å²) in [4.78, 5) is 0.762. The van der Waals surface area contributed by atoms with Gasteiger partial charge in [0, 0.05) is 0 Å². The van der Waals surface area contributed by atoms with Gasteiger partial charge in [-0.3, -0.25) is 0 Å². The molecule has 0 saturated carbocycles. The van der Waals surface area contributed by atoms with E-state index < -0.39 is 6.10 Å². The molecule has 1 N–H and O–H groups in total. The number of thiophene rings is 1. The molecule has 0 aliphatic heterocycles. The van der Waals surface area contributed by atoms with E-state index in [4.69, 9.17) is 16.3 Å². The third kappa shape index (κ3) is 2.46. The van der Waals surface area contributed by atoms with Gasteiger partial charge in [-0.15, -0.1) is 11.3 Å². The summed E-state index contributed by atoms with van der Waals surface area (Å²) >= 11 is 7.46. The topological polar surface area (TPSA) is 29.5 Å². The Balaban J connectivity index is 2.38. The first-order chi connectivity index (χ1) is 8.13. The van der Waals surface area contributed by atoms with Crippen molar-refractivity contribution in [2.45, 2.75) is 13.0 Å². The van der Waals surface area contributed by atoms with Crippen molar-refractivity contribution in [2.24, 2.45) is 0 Å². The van der Waals surface area contributed by atoms with E-state index in [-0.39, 0.29) is 0 Å². The standard InChI is InChI=1S/C13H13ClO2S/c1-8-3-4-9(7-11(8)16-2)12(15)13-10(14)5-6-17-13/h3-7,12,15H,1-2H3. The zero-order chi connectivity index (χ0) is 12.4. The maximum absolute atomic E-state index is 10.2. The summed E-state index contributed by atoms with van der Waals surface area (Å²) in [5.41, 5.74) is 1.83. The Bertz CT molecular complexity index is 522. The van der Waals surface area contributed by atoms with Crippen LogP contribution in [0.3, 0.4) is 0 Å². The maximum atomic E-state index is 10.2. The molecule has 1 atom stereocenters. The van der Waals surface area contributed by atoms with Gasteiger partial charge < -0.3 is 9.84 Å². The van der Waals surface area contributed by atoms with E-state index in [0.29, 0.717) is 5.02 Å². The highest BCUT2D eigenvalue weighted by Gasteiger charge is 2.16. The lowest BCUT2D eigenvalue weighted by Crippen LogP contribution is -1.99. The molecule has 4 heteroatoms. The fraction of sp³-hybridized carbons (Fsp3) is 0.231. The van der Waals surface area contributed by atoms with E-state index in [1.165, 1.54) is 11.3 Å². The van der Waals surface area contributed by atoms with Crippen molar-refractivity contribution in [3.05, 3.63) is 50.7 Å². The van der Waals surface area contributed by atoms with Crippen LogP contribution in [0.4, 0.5) is 0 Å². The van der Waals surface area contributed by atoms with Crippen molar-refractivity contribution < 1.29 is 9.84 Å². The Labute approximate surface area is 109 Å². The number of hydrogen-bond acceptors (Lipinski definition) is 3. The first-order valence-corrected chi connectivity index (χ1v) is 6.44. The van der Waals surface area contributed by atoms with E-state index in [9.17, 15) is 5.11 Å². The van der Waals surface area contributed by atoms with Gasteiger partial charge in [0.1, 0.15) is 11.9 Å². The molecule has 2 nitrogen and oxygen atoms in total. The Hall–Kier alpha value is -1.03. The monoisotopic (exact) mass is 268 g/mol. The molecule has 0 aliphatic rings. The first kappa shape index (κ1) is 12.4. The molecule has 1 heterocycles. The summed E-state index contributed by atoms with van der Waals surface area (Å²) < 4.78 is 5.24. The van der Waals surface area contributed by atoms with Crippen molar-refractivity contribution >= 4 is 22.9 Å². The second-order valence-electron chi connectivity index (χ2n) is 3.76. The summed E-state index contributed by atoms with van der Waals surface area (Å²) in [5, 5.41) is 12.7. The van der Waals surface area contributed by atoms with Gasteiger partial charge >= 0.3 is 0 Å². The molecule has 0 aliphatic carbocycles. The van der Waals surface area contributed by atoms with Gasteiger partial charge in [0.25, 0.3) is 0 Å². The van der Waals surface area contributed by atoms with Crippen LogP contribution in [-0.2, 0) is 0 Å². The number of benzene rings is 1. The van der Waals surface area contributed by atoms with Crippen LogP contribution < -0.4 is 4.74 Å². The Morgan fingerprint density at radius 1 is 1.35 bits per heavy atom. The number of rotatable bonds is 3. The van der Waals surface area contributed by atoms with E-state index >= 15 is 0 Å². The van der Waals surface area contributed by atoms with Crippen LogP contribution in [-0.4, -0.2) is 12.2 Å². The molecule has 0 fully saturated rings. The summed E-state index contributed by atoms with van der Waals surface area (Å²) in [5.74, 6) is 0.772. The molecule has 1 aromatic heterocycles. The van der Waals surface area contributed by atoms with Gasteiger partial charge in [-0.25, -0.2) is 0 Å². The average Bonchev–Trinajstić information content (AvgIpc) is 2.75. The molecular formula is C13H13ClO2S. The van der Waals surface area contributed by atoms with E-state index in [1.54, 1.807) is 13.2 Å². The predicted octanol–water partition coefficient (Wildman–Crippen LogP) is 3.80. The third-order valence-electron chi connectivity index (χ3n) is 2.64. The Morgan fingerprint density at radius 2 is 2.12 bits per heavy atom. The minimum atomic E-state index is -0.697. The molecule has 1 aromatic carbocycles. The zero-order valence-electron chi connectivity index (χ0n) is 9.61. The van der Waals surface area contributed by atoms with Gasteiger partial charge in [-0.05, 0) is 35.6 Å². The number of aliphatic hydroxyl groups excluding tert-OH is 1. The molecule has 0 amide bonds. The number of halogens is 1. The van der Waals surface area contributed by atoms with Crippen LogP contribution in [0.2, 0.25) is 5.02 Å². The summed E-state index contributed by atoms with van der Waals surface area (Å²) in [6.45, 7) is 1.97. The molecule has 90 valence electrons. The number of hydrogen-bond donors (Lipinski definition) is 1. The first-order valence-electron chi connectivity index (χ1n) is 5.19. The second-order valence-corrected chi connectivity index (χ2v) is 5.12. The predicted molar refractivity (Wildman–Crippen MR) is 71.1 cm³/mol. The lowest BCUT2D eigenvalue weighted by Gasteiger charge is -2.12. The van der Waals surface area contributed by atoms with Gasteiger partial charge in [0.05, 0.1) is 17.0 Å². The van der Waals surface area contributed by atoms with E-state index in [1.807, 2.05) is 30.5 Å². The van der Waals surface area contributed by atoms with Crippen molar-refractivity contribution in [1.82, 2.24) is 0 Å². The van der Waals surface area contributed by atoms with Crippen molar-refractivity contribution in [2.75, 3.05) is 7.11 Å². The van der Waals surface area contributed by atoms with Gasteiger partial charge in [-0.2, -0.15) is 0 Å². The highest BCUT2D eigenvalue weighted by atomic mass is 35.5. The molecule has 0 bridgehead atoms. The highest BCUT2D eigenvalue weighted by molar-refractivity contribution is 7.10. The normalized spacial score (nSPS) is 12.5. The minimum absolute atomic E-state index is 0.599. The van der Waals surface area contributed by atoms with Crippen molar-refractivity contribution in [1.29, 1.82) is 0 Å². The van der Waals surface area contributed by atoms with Crippen LogP contribution in [0.1, 0.15) is 22.1 Å². The molecule has 0 spiro atoms. The van der Waals surface area contributed by atoms with Crippen LogP contribution in [0.25, 0.3) is 0 Å². The quantitative estimate of drug-likeness (QED) is 0.917. The zero-order valence-corrected chi connectivity index (χ0v) is 11.2. The molecule has 17 heavy (non-hydrogen) atoms. The van der Waals surface area contributed by atoms with Crippen LogP contribution >= 0.6 is 22.9 Å². The van der Waals surface area contributed by atoms with E-state index in [0.717, 1.165) is 21.8 Å². The van der Waals surface area contributed by atoms with Crippen molar-refractivity contribution in [3.63, 3.8) is 0 Å². The minimum Gasteiger partial charge on any atom is -0.496 e. The molecule has 2 rings (SSSR count). The van der Waals surface area contributed by atoms with Crippen LogP contribution in [0, 0.1) is 6.92 Å². The lowest BCUT2D eigenvalue weighted by molar-refractivity contribution is 0.223. The van der Waals surface area contributed by atoms with Crippen LogP contribution in [0.5, 0.6) is 5.75 Å². The Morgan fingerprint density at radius 3 is 2.71 bits per heavy atom. The number of ether oxygens (including phenoxy) is 1. The SMILES string of the molecule is COc1cc(C(O)c2sccc2Cl)ccc1C. The third-order valence-corrected chi connectivity index (χ3v) is 4.05. The van der Waals surface area contributed by atoms with Gasteiger partial charge in [-0.1, -0.05) is 23.7 Å². The fourth-order valence-electron chi connectivity index (χ4n) is 1.66. The molecule has 2 aromatic rings. The van der Waals surface area contributed by atoms with Crippen molar-refractivity contribution in [3.8, 4) is 5.75 Å². The molecule has 0 saturated heterocycles. The molecule has 0 radical (unpaired) electrons. The second kappa shape index (κ2) is 5.08. The maximum Gasteiger partial charge on any atom is 0.122 e. The summed E-state index contributed by atoms with van der Waals surface area (Å²) in [7, 11) is 1.62. The lowest BCUT2D eigenvalue weighted by atomic mass is 10.1. The largest absolute Gasteiger partial charge is 0.496 e. The molecule has 1 unspecified atom stereocenters. The van der Waals surface area contributed by atoms with Gasteiger partial charge in [0.2, 0.25) is 0 Å². The van der Waals surface area contributed by atoms with Gasteiger partial charge in [0.15, 0.2) is 0 Å². The van der Waals surface area contributed by atoms with Crippen LogP contribution in [0.15, 0.2) is 29.6 Å². The summed E-state index contributed by atoms with van der Waals surface area (Å²) in [6.07, 6.45) is -0.697. The fourth-order valence-corrected chi connectivity index (χ4v) is 2.83. The average molecular weight is 269 g/mol. The summed E-state index contributed by atoms with van der Waals surface area (Å²) in [6, 6.07) is 7.45. The highest BCUT2D eigenvalue weighted by Crippen LogP contribution is 2.34. The Kier molecular flexibility index (Phi) is 3.72. The van der Waals surface area contributed by atoms with E-state index in [2.05, 4.69) is 0 Å². The number of aliphatic hydroxyl groups is 1. The number of aryl methyl sites for hydroxylation is 1. The molecular weight excluding hydrogens is 256 g/mol. The smallest absolute Gasteiger partial charge is 0.122 e.